The van der Waals surface area contributed by atoms with Crippen LogP contribution in [0.1, 0.15) is 11.7 Å². The zero-order valence-corrected chi connectivity index (χ0v) is 7.33. The molecule has 0 aliphatic rings. The SMILES string of the molecule is OCC(O)c1cn(O)c2cccnc12. The molecule has 0 spiro atoms. The zero-order chi connectivity index (χ0) is 10.1. The van der Waals surface area contributed by atoms with Crippen molar-refractivity contribution >= 4 is 11.0 Å². The second-order valence-electron chi connectivity index (χ2n) is 3.00. The topological polar surface area (TPSA) is 78.5 Å². The molecule has 2 aromatic heterocycles. The molecule has 0 fully saturated rings. The average Bonchev–Trinajstić information content (AvgIpc) is 2.56. The third kappa shape index (κ3) is 1.23. The van der Waals surface area contributed by atoms with Crippen molar-refractivity contribution in [2.24, 2.45) is 0 Å². The molecule has 0 radical (unpaired) electrons. The Morgan fingerprint density at radius 2 is 2.29 bits per heavy atom. The Bertz CT molecular complexity index is 452. The van der Waals surface area contributed by atoms with Crippen LogP contribution in [0.3, 0.4) is 0 Å². The van der Waals surface area contributed by atoms with E-state index in [0.29, 0.717) is 16.6 Å². The van der Waals surface area contributed by atoms with Gasteiger partial charge >= 0.3 is 0 Å². The quantitative estimate of drug-likeness (QED) is 0.601. The van der Waals surface area contributed by atoms with Crippen LogP contribution in [0.15, 0.2) is 24.5 Å². The molecule has 2 heterocycles. The minimum Gasteiger partial charge on any atom is -0.428 e. The largest absolute Gasteiger partial charge is 0.428 e. The van der Waals surface area contributed by atoms with Crippen LogP contribution in [-0.2, 0) is 0 Å². The molecule has 0 amide bonds. The lowest BCUT2D eigenvalue weighted by Gasteiger charge is -2.03. The normalized spacial score (nSPS) is 13.3. The highest BCUT2D eigenvalue weighted by atomic mass is 16.5. The summed E-state index contributed by atoms with van der Waals surface area (Å²) >= 11 is 0. The molecule has 74 valence electrons. The Balaban J connectivity index is 2.66. The van der Waals surface area contributed by atoms with Gasteiger partial charge in [0.25, 0.3) is 0 Å². The molecule has 0 aliphatic heterocycles. The van der Waals surface area contributed by atoms with Crippen LogP contribution in [0.25, 0.3) is 11.0 Å². The van der Waals surface area contributed by atoms with E-state index in [1.807, 2.05) is 0 Å². The summed E-state index contributed by atoms with van der Waals surface area (Å²) in [6, 6.07) is 3.36. The number of nitrogens with zero attached hydrogens (tertiary/aromatic N) is 2. The van der Waals surface area contributed by atoms with E-state index in [9.17, 15) is 10.3 Å². The number of pyridine rings is 1. The first-order valence-corrected chi connectivity index (χ1v) is 4.18. The highest BCUT2D eigenvalue weighted by molar-refractivity contribution is 5.79. The fourth-order valence-corrected chi connectivity index (χ4v) is 1.41. The number of hydrogen-bond acceptors (Lipinski definition) is 4. The summed E-state index contributed by atoms with van der Waals surface area (Å²) < 4.78 is 0.885. The lowest BCUT2D eigenvalue weighted by Crippen LogP contribution is -2.01. The second-order valence-corrected chi connectivity index (χ2v) is 3.00. The van der Waals surface area contributed by atoms with Crippen LogP contribution < -0.4 is 0 Å². The third-order valence-electron chi connectivity index (χ3n) is 2.10. The molecule has 0 saturated heterocycles. The lowest BCUT2D eigenvalue weighted by atomic mass is 10.2. The molecule has 1 atom stereocenters. The average molecular weight is 194 g/mol. The Hall–Kier alpha value is -1.59. The predicted octanol–water partition coefficient (Wildman–Crippen LogP) is 0.299. The van der Waals surface area contributed by atoms with E-state index in [4.69, 9.17) is 5.11 Å². The Morgan fingerprint density at radius 1 is 1.50 bits per heavy atom. The molecule has 0 aromatic carbocycles. The van der Waals surface area contributed by atoms with Crippen LogP contribution in [-0.4, -0.2) is 31.7 Å². The summed E-state index contributed by atoms with van der Waals surface area (Å²) in [6.07, 6.45) is 1.90. The van der Waals surface area contributed by atoms with E-state index in [1.54, 1.807) is 18.3 Å². The van der Waals surface area contributed by atoms with Crippen LogP contribution in [0.4, 0.5) is 0 Å². The highest BCUT2D eigenvalue weighted by Crippen LogP contribution is 2.23. The first kappa shape index (κ1) is 8.98. The molecule has 5 nitrogen and oxygen atoms in total. The first-order chi connectivity index (χ1) is 6.74. The van der Waals surface area contributed by atoms with Gasteiger partial charge < -0.3 is 15.4 Å². The Morgan fingerprint density at radius 3 is 3.00 bits per heavy atom. The number of fused-ring (bicyclic) bond motifs is 1. The van der Waals surface area contributed by atoms with Crippen LogP contribution >= 0.6 is 0 Å². The van der Waals surface area contributed by atoms with Gasteiger partial charge in [-0.05, 0) is 12.1 Å². The van der Waals surface area contributed by atoms with Gasteiger partial charge in [0.2, 0.25) is 0 Å². The third-order valence-corrected chi connectivity index (χ3v) is 2.10. The minimum absolute atomic E-state index is 0.393. The van der Waals surface area contributed by atoms with E-state index in [0.717, 1.165) is 4.73 Å². The molecule has 14 heavy (non-hydrogen) atoms. The lowest BCUT2D eigenvalue weighted by molar-refractivity contribution is 0.0951. The van der Waals surface area contributed by atoms with E-state index >= 15 is 0 Å². The molecule has 0 saturated carbocycles. The molecule has 2 aromatic rings. The second kappa shape index (κ2) is 3.28. The van der Waals surface area contributed by atoms with Gasteiger partial charge in [0.05, 0.1) is 18.3 Å². The first-order valence-electron chi connectivity index (χ1n) is 4.18. The molecule has 2 rings (SSSR count). The summed E-state index contributed by atoms with van der Waals surface area (Å²) in [4.78, 5) is 4.02. The Kier molecular flexibility index (Phi) is 2.11. The monoisotopic (exact) mass is 194 g/mol. The van der Waals surface area contributed by atoms with Gasteiger partial charge in [-0.2, -0.15) is 4.73 Å². The number of rotatable bonds is 2. The fraction of sp³-hybridized carbons (Fsp3) is 0.222. The zero-order valence-electron chi connectivity index (χ0n) is 7.33. The number of aliphatic hydroxyl groups excluding tert-OH is 2. The van der Waals surface area contributed by atoms with Gasteiger partial charge in [0, 0.05) is 11.8 Å². The van der Waals surface area contributed by atoms with Crippen LogP contribution in [0.2, 0.25) is 0 Å². The van der Waals surface area contributed by atoms with Gasteiger partial charge in [-0.3, -0.25) is 4.98 Å². The van der Waals surface area contributed by atoms with Crippen molar-refractivity contribution in [1.29, 1.82) is 0 Å². The van der Waals surface area contributed by atoms with Gasteiger partial charge in [0.1, 0.15) is 11.6 Å². The fourth-order valence-electron chi connectivity index (χ4n) is 1.41. The van der Waals surface area contributed by atoms with Gasteiger partial charge in [-0.1, -0.05) is 0 Å². The van der Waals surface area contributed by atoms with E-state index in [2.05, 4.69) is 4.98 Å². The number of aliphatic hydroxyl groups is 2. The van der Waals surface area contributed by atoms with E-state index in [-0.39, 0.29) is 0 Å². The smallest absolute Gasteiger partial charge is 0.106 e. The maximum Gasteiger partial charge on any atom is 0.106 e. The molecular weight excluding hydrogens is 184 g/mol. The maximum absolute atomic E-state index is 9.43. The summed E-state index contributed by atoms with van der Waals surface area (Å²) in [5.74, 6) is 0. The van der Waals surface area contributed by atoms with E-state index in [1.165, 1.54) is 6.20 Å². The standard InChI is InChI=1S/C9H10N2O3/c12-5-8(13)6-4-11(14)7-2-1-3-10-9(6)7/h1-4,8,12-14H,5H2. The van der Waals surface area contributed by atoms with Crippen molar-refractivity contribution in [3.8, 4) is 0 Å². The number of aromatic nitrogens is 2. The molecule has 0 bridgehead atoms. The molecule has 3 N–H and O–H groups in total. The number of hydrogen-bond donors (Lipinski definition) is 3. The van der Waals surface area contributed by atoms with Crippen molar-refractivity contribution in [2.75, 3.05) is 6.61 Å². The molecule has 0 aliphatic carbocycles. The van der Waals surface area contributed by atoms with Crippen LogP contribution in [0, 0.1) is 0 Å². The van der Waals surface area contributed by atoms with Gasteiger partial charge in [-0.15, -0.1) is 0 Å². The van der Waals surface area contributed by atoms with Crippen molar-refractivity contribution < 1.29 is 15.4 Å². The predicted molar refractivity (Wildman–Crippen MR) is 49.0 cm³/mol. The Labute approximate surface area is 79.8 Å². The van der Waals surface area contributed by atoms with E-state index < -0.39 is 12.7 Å². The summed E-state index contributed by atoms with van der Waals surface area (Å²) in [7, 11) is 0. The van der Waals surface area contributed by atoms with Gasteiger partial charge in [0.15, 0.2) is 0 Å². The van der Waals surface area contributed by atoms with Crippen molar-refractivity contribution in [2.45, 2.75) is 6.10 Å². The van der Waals surface area contributed by atoms with Crippen molar-refractivity contribution in [3.63, 3.8) is 0 Å². The van der Waals surface area contributed by atoms with Crippen molar-refractivity contribution in [3.05, 3.63) is 30.1 Å². The minimum atomic E-state index is -1.01. The molecular formula is C9H10N2O3. The summed E-state index contributed by atoms with van der Waals surface area (Å²) in [5, 5.41) is 27.6. The van der Waals surface area contributed by atoms with Crippen LogP contribution in [0.5, 0.6) is 0 Å². The summed E-state index contributed by atoms with van der Waals surface area (Å²) in [6.45, 7) is -0.393. The maximum atomic E-state index is 9.43. The van der Waals surface area contributed by atoms with Gasteiger partial charge in [-0.25, -0.2) is 0 Å². The van der Waals surface area contributed by atoms with Crippen molar-refractivity contribution in [1.82, 2.24) is 9.71 Å². The summed E-state index contributed by atoms with van der Waals surface area (Å²) in [5.41, 5.74) is 1.43. The molecule has 5 heteroatoms. The highest BCUT2D eigenvalue weighted by Gasteiger charge is 2.15. The molecule has 1 unspecified atom stereocenters.